The van der Waals surface area contributed by atoms with Gasteiger partial charge in [0.2, 0.25) is 11.8 Å². The number of nitrogens with zero attached hydrogens (tertiary/aromatic N) is 2. The predicted octanol–water partition coefficient (Wildman–Crippen LogP) is 5.25. The number of halogens is 6. The Morgan fingerprint density at radius 3 is 2.31 bits per heavy atom. The van der Waals surface area contributed by atoms with Gasteiger partial charge in [-0.15, -0.1) is 36.4 Å². The number of hydrogen-bond donors (Lipinski definition) is 1. The molecule has 3 fully saturated rings. The molecule has 2 saturated heterocycles. The van der Waals surface area contributed by atoms with E-state index in [9.17, 15) is 37.5 Å². The van der Waals surface area contributed by atoms with Crippen LogP contribution in [0.15, 0.2) is 58.6 Å². The zero-order valence-corrected chi connectivity index (χ0v) is 24.6. The Labute approximate surface area is 255 Å². The molecule has 0 spiro atoms. The number of phenols is 1. The first kappa shape index (κ1) is 29.0. The van der Waals surface area contributed by atoms with Crippen LogP contribution >= 0.6 is 39.1 Å². The lowest BCUT2D eigenvalue weighted by atomic mass is 9.56. The molecule has 0 bridgehead atoms. The Kier molecular flexibility index (Phi) is 6.53. The number of ether oxygens (including phenoxy) is 1. The molecule has 2 aliphatic heterocycles. The smallest absolute Gasteiger partial charge is 0.508 e. The van der Waals surface area contributed by atoms with Crippen LogP contribution in [-0.2, 0) is 19.2 Å². The molecule has 2 heterocycles. The Morgan fingerprint density at radius 2 is 1.67 bits per heavy atom. The molecule has 1 saturated carbocycles. The number of fused-ring (bicyclic) bond motifs is 4. The number of anilines is 1. The third kappa shape index (κ3) is 3.94. The molecule has 0 radical (unpaired) electrons. The van der Waals surface area contributed by atoms with Gasteiger partial charge in [0, 0.05) is 23.0 Å². The quantitative estimate of drug-likeness (QED) is 0.269. The SMILES string of the molecule is CN1C(=O)C2(Cl)CC3C(=CCC4C(=O)N(c5ccc(Br)cc5)C(=O)C43)C(c3cc(OC(F)(F)F)ccc3O)C2(Cl)C1=O. The fraction of sp³-hybridized carbons (Fsp3) is 0.357. The van der Waals surface area contributed by atoms with E-state index in [1.165, 1.54) is 7.05 Å². The van der Waals surface area contributed by atoms with Crippen molar-refractivity contribution in [2.45, 2.75) is 34.9 Å². The summed E-state index contributed by atoms with van der Waals surface area (Å²) in [6.45, 7) is 0. The second-order valence-corrected chi connectivity index (χ2v) is 12.9. The maximum absolute atomic E-state index is 13.9. The first-order valence-corrected chi connectivity index (χ1v) is 14.3. The lowest BCUT2D eigenvalue weighted by molar-refractivity contribution is -0.274. The van der Waals surface area contributed by atoms with Crippen LogP contribution in [0.3, 0.4) is 0 Å². The summed E-state index contributed by atoms with van der Waals surface area (Å²) in [5.74, 6) is -8.20. The number of amides is 4. The summed E-state index contributed by atoms with van der Waals surface area (Å²) in [6, 6.07) is 9.26. The Balaban J connectivity index is 1.52. The molecule has 14 heteroatoms. The Bertz CT molecular complexity index is 1600. The molecule has 8 nitrogen and oxygen atoms in total. The summed E-state index contributed by atoms with van der Waals surface area (Å²) in [4.78, 5) is 51.9. The summed E-state index contributed by atoms with van der Waals surface area (Å²) >= 11 is 17.4. The second kappa shape index (κ2) is 9.45. The van der Waals surface area contributed by atoms with Crippen LogP contribution < -0.4 is 9.64 Å². The number of phenolic OH excluding ortho intramolecular Hbond substituents is 1. The van der Waals surface area contributed by atoms with Gasteiger partial charge in [-0.05, 0) is 61.2 Å². The first-order valence-electron chi connectivity index (χ1n) is 12.7. The van der Waals surface area contributed by atoms with Crippen molar-refractivity contribution in [1.82, 2.24) is 4.90 Å². The number of aromatic hydroxyl groups is 1. The van der Waals surface area contributed by atoms with Crippen molar-refractivity contribution >= 4 is 68.4 Å². The molecular formula is C28H20BrCl2F3N2O6. The van der Waals surface area contributed by atoms with Gasteiger partial charge in [-0.25, -0.2) is 0 Å². The summed E-state index contributed by atoms with van der Waals surface area (Å²) in [5, 5.41) is 10.9. The van der Waals surface area contributed by atoms with Crippen LogP contribution in [0.1, 0.15) is 24.3 Å². The fourth-order valence-corrected chi connectivity index (χ4v) is 8.17. The highest BCUT2D eigenvalue weighted by Gasteiger charge is 2.76. The highest BCUT2D eigenvalue weighted by atomic mass is 79.9. The molecule has 1 N–H and O–H groups in total. The van der Waals surface area contributed by atoms with Crippen LogP contribution in [0.4, 0.5) is 18.9 Å². The molecule has 0 aromatic heterocycles. The number of imide groups is 2. The van der Waals surface area contributed by atoms with Gasteiger partial charge in [0.05, 0.1) is 17.5 Å². The summed E-state index contributed by atoms with van der Waals surface area (Å²) in [6.07, 6.45) is -3.71. The predicted molar refractivity (Wildman–Crippen MR) is 147 cm³/mol. The van der Waals surface area contributed by atoms with Gasteiger partial charge >= 0.3 is 6.36 Å². The van der Waals surface area contributed by atoms with E-state index in [2.05, 4.69) is 20.7 Å². The minimum absolute atomic E-state index is 0.0460. The molecule has 6 unspecified atom stereocenters. The van der Waals surface area contributed by atoms with Gasteiger partial charge in [0.25, 0.3) is 11.8 Å². The molecule has 2 aliphatic carbocycles. The van der Waals surface area contributed by atoms with E-state index < -0.39 is 74.9 Å². The van der Waals surface area contributed by atoms with E-state index in [1.54, 1.807) is 30.3 Å². The normalized spacial score (nSPS) is 32.5. The topological polar surface area (TPSA) is 104 Å². The van der Waals surface area contributed by atoms with Crippen molar-refractivity contribution in [1.29, 1.82) is 0 Å². The van der Waals surface area contributed by atoms with Gasteiger partial charge in [-0.2, -0.15) is 0 Å². The van der Waals surface area contributed by atoms with Crippen LogP contribution in [0.2, 0.25) is 0 Å². The lowest BCUT2D eigenvalue weighted by Crippen LogP contribution is -2.60. The van der Waals surface area contributed by atoms with Crippen molar-refractivity contribution in [2.75, 3.05) is 11.9 Å². The van der Waals surface area contributed by atoms with E-state index >= 15 is 0 Å². The van der Waals surface area contributed by atoms with Crippen molar-refractivity contribution in [3.8, 4) is 11.5 Å². The monoisotopic (exact) mass is 686 g/mol. The number of allylic oxidation sites excluding steroid dienone is 2. The highest BCUT2D eigenvalue weighted by molar-refractivity contribution is 9.10. The Hall–Kier alpha value is -3.09. The molecule has 2 aromatic carbocycles. The summed E-state index contributed by atoms with van der Waals surface area (Å²) < 4.78 is 44.1. The molecular weight excluding hydrogens is 668 g/mol. The van der Waals surface area contributed by atoms with E-state index in [-0.39, 0.29) is 18.4 Å². The van der Waals surface area contributed by atoms with Crippen LogP contribution in [0, 0.1) is 17.8 Å². The second-order valence-electron chi connectivity index (χ2n) is 10.8. The van der Waals surface area contributed by atoms with Gasteiger partial charge < -0.3 is 9.84 Å². The molecule has 4 amide bonds. The van der Waals surface area contributed by atoms with Gasteiger partial charge in [0.1, 0.15) is 11.5 Å². The number of carbonyl (C=O) groups is 4. The summed E-state index contributed by atoms with van der Waals surface area (Å²) in [7, 11) is 1.18. The zero-order chi connectivity index (χ0) is 30.5. The average Bonchev–Trinajstić information content (AvgIpc) is 3.25. The van der Waals surface area contributed by atoms with Gasteiger partial charge in [-0.1, -0.05) is 27.6 Å². The maximum atomic E-state index is 13.9. The number of alkyl halides is 5. The third-order valence-electron chi connectivity index (χ3n) is 8.64. The first-order chi connectivity index (χ1) is 19.6. The van der Waals surface area contributed by atoms with E-state index in [0.29, 0.717) is 11.3 Å². The van der Waals surface area contributed by atoms with Gasteiger partial charge in [-0.3, -0.25) is 29.0 Å². The minimum Gasteiger partial charge on any atom is -0.508 e. The van der Waals surface area contributed by atoms with Crippen LogP contribution in [-0.4, -0.2) is 56.8 Å². The molecule has 6 atom stereocenters. The number of benzene rings is 2. The van der Waals surface area contributed by atoms with Crippen molar-refractivity contribution in [3.63, 3.8) is 0 Å². The molecule has 42 heavy (non-hydrogen) atoms. The fourth-order valence-electron chi connectivity index (χ4n) is 6.90. The van der Waals surface area contributed by atoms with Crippen molar-refractivity contribution in [3.05, 3.63) is 64.1 Å². The molecule has 2 aromatic rings. The third-order valence-corrected chi connectivity index (χ3v) is 10.6. The lowest BCUT2D eigenvalue weighted by Gasteiger charge is -2.50. The number of likely N-dealkylation sites (tertiary alicyclic amines) is 1. The Morgan fingerprint density at radius 1 is 1.00 bits per heavy atom. The average molecular weight is 688 g/mol. The molecule has 4 aliphatic rings. The maximum Gasteiger partial charge on any atom is 0.573 e. The van der Waals surface area contributed by atoms with E-state index in [0.717, 1.165) is 32.5 Å². The zero-order valence-electron chi connectivity index (χ0n) is 21.5. The molecule has 6 rings (SSSR count). The van der Waals surface area contributed by atoms with Gasteiger partial charge in [0.15, 0.2) is 9.75 Å². The number of rotatable bonds is 3. The number of hydrogen-bond acceptors (Lipinski definition) is 6. The van der Waals surface area contributed by atoms with E-state index in [1.807, 2.05) is 0 Å². The standard InChI is InChI=1S/C28H20BrCl2F3N2O6/c1-35-24(40)26(30)11-18-15(7-8-16-20(18)23(39)36(22(16)38)13-4-2-12(29)3-5-13)21(27(26,31)25(35)41)17-10-14(6-9-19(17)37)42-28(32,33)34/h2-7,9-10,16,18,20-21,37H,8,11H2,1H3. The largest absolute Gasteiger partial charge is 0.573 e. The minimum atomic E-state index is -5.07. The van der Waals surface area contributed by atoms with E-state index in [4.69, 9.17) is 23.2 Å². The highest BCUT2D eigenvalue weighted by Crippen LogP contribution is 2.66. The summed E-state index contributed by atoms with van der Waals surface area (Å²) in [5.41, 5.74) is 0.409. The molecule has 220 valence electrons. The van der Waals surface area contributed by atoms with Crippen molar-refractivity contribution in [2.24, 2.45) is 17.8 Å². The van der Waals surface area contributed by atoms with Crippen LogP contribution in [0.5, 0.6) is 11.5 Å². The number of carbonyl (C=O) groups excluding carboxylic acids is 4. The van der Waals surface area contributed by atoms with Crippen molar-refractivity contribution < 1.29 is 42.2 Å². The van der Waals surface area contributed by atoms with Crippen LogP contribution in [0.25, 0.3) is 0 Å².